The third kappa shape index (κ3) is 5.09. The molecular formula is C23H26FN3O2. The highest BCUT2D eigenvalue weighted by molar-refractivity contribution is 5.73. The van der Waals surface area contributed by atoms with Gasteiger partial charge in [0.05, 0.1) is 16.8 Å². The van der Waals surface area contributed by atoms with Crippen LogP contribution in [0.15, 0.2) is 54.7 Å². The summed E-state index contributed by atoms with van der Waals surface area (Å²) in [5.41, 5.74) is 4.01. The lowest BCUT2D eigenvalue weighted by molar-refractivity contribution is -0.147. The Morgan fingerprint density at radius 3 is 2.41 bits per heavy atom. The second-order valence-corrected chi connectivity index (χ2v) is 7.91. The Labute approximate surface area is 170 Å². The third-order valence-electron chi connectivity index (χ3n) is 5.03. The summed E-state index contributed by atoms with van der Waals surface area (Å²) in [5.74, 6) is -1.09. The van der Waals surface area contributed by atoms with Crippen molar-refractivity contribution in [2.75, 3.05) is 6.54 Å². The number of halogens is 1. The van der Waals surface area contributed by atoms with Gasteiger partial charge in [-0.05, 0) is 58.0 Å². The molecule has 0 bridgehead atoms. The molecule has 0 amide bonds. The fourth-order valence-electron chi connectivity index (χ4n) is 2.95. The zero-order valence-electron chi connectivity index (χ0n) is 16.9. The first-order valence-electron chi connectivity index (χ1n) is 9.62. The van der Waals surface area contributed by atoms with E-state index in [4.69, 9.17) is 5.10 Å². The van der Waals surface area contributed by atoms with Crippen LogP contribution >= 0.6 is 0 Å². The number of aliphatic carboxylic acids is 1. The van der Waals surface area contributed by atoms with Gasteiger partial charge in [0, 0.05) is 23.9 Å². The first kappa shape index (κ1) is 20.7. The summed E-state index contributed by atoms with van der Waals surface area (Å²) in [7, 11) is 0. The van der Waals surface area contributed by atoms with E-state index in [0.29, 0.717) is 19.5 Å². The molecule has 0 spiro atoms. The van der Waals surface area contributed by atoms with Crippen molar-refractivity contribution >= 4 is 5.97 Å². The first-order chi connectivity index (χ1) is 13.8. The van der Waals surface area contributed by atoms with Gasteiger partial charge in [-0.25, -0.2) is 9.07 Å². The number of benzene rings is 2. The average Bonchev–Trinajstić information content (AvgIpc) is 3.10. The van der Waals surface area contributed by atoms with Crippen LogP contribution in [0.4, 0.5) is 4.39 Å². The van der Waals surface area contributed by atoms with Gasteiger partial charge in [0.15, 0.2) is 0 Å². The van der Waals surface area contributed by atoms with Crippen LogP contribution in [0.3, 0.4) is 0 Å². The molecule has 5 nitrogen and oxygen atoms in total. The number of nitrogens with one attached hydrogen (secondary N) is 1. The van der Waals surface area contributed by atoms with Crippen LogP contribution in [0.1, 0.15) is 31.4 Å². The van der Waals surface area contributed by atoms with Gasteiger partial charge in [0.1, 0.15) is 5.82 Å². The average molecular weight is 395 g/mol. The molecule has 2 N–H and O–H groups in total. The van der Waals surface area contributed by atoms with Crippen LogP contribution in [0.2, 0.25) is 0 Å². The standard InChI is InChI=1S/C23H26FN3O2/c1-16-4-6-17(7-5-16)21-18(14-25-13-12-23(2,3)22(28)29)15-27(26-21)20-10-8-19(24)9-11-20/h4-11,15,25H,12-14H2,1-3H3,(H,28,29). The molecule has 0 aliphatic rings. The van der Waals surface area contributed by atoms with Crippen molar-refractivity contribution in [1.29, 1.82) is 0 Å². The highest BCUT2D eigenvalue weighted by atomic mass is 19.1. The van der Waals surface area contributed by atoms with Crippen LogP contribution in [0.5, 0.6) is 0 Å². The van der Waals surface area contributed by atoms with Crippen molar-refractivity contribution < 1.29 is 14.3 Å². The van der Waals surface area contributed by atoms with E-state index in [1.165, 1.54) is 17.7 Å². The van der Waals surface area contributed by atoms with Crippen LogP contribution < -0.4 is 5.32 Å². The van der Waals surface area contributed by atoms with Gasteiger partial charge in [-0.2, -0.15) is 5.10 Å². The monoisotopic (exact) mass is 395 g/mol. The van der Waals surface area contributed by atoms with E-state index in [1.54, 1.807) is 30.7 Å². The van der Waals surface area contributed by atoms with E-state index in [9.17, 15) is 14.3 Å². The summed E-state index contributed by atoms with van der Waals surface area (Å²) in [6.07, 6.45) is 2.45. The Hall–Kier alpha value is -2.99. The van der Waals surface area contributed by atoms with Crippen molar-refractivity contribution in [1.82, 2.24) is 15.1 Å². The number of aryl methyl sites for hydroxylation is 1. The minimum Gasteiger partial charge on any atom is -0.481 e. The van der Waals surface area contributed by atoms with Crippen LogP contribution in [0, 0.1) is 18.2 Å². The number of aromatic nitrogens is 2. The molecule has 0 unspecified atom stereocenters. The first-order valence-corrected chi connectivity index (χ1v) is 9.62. The Bertz CT molecular complexity index is 976. The molecule has 152 valence electrons. The Morgan fingerprint density at radius 1 is 1.14 bits per heavy atom. The maximum atomic E-state index is 13.3. The molecule has 0 radical (unpaired) electrons. The molecule has 2 aromatic carbocycles. The summed E-state index contributed by atoms with van der Waals surface area (Å²) >= 11 is 0. The molecule has 0 atom stereocenters. The van der Waals surface area contributed by atoms with Gasteiger partial charge in [-0.3, -0.25) is 4.79 Å². The van der Waals surface area contributed by atoms with E-state index < -0.39 is 11.4 Å². The SMILES string of the molecule is Cc1ccc(-c2nn(-c3ccc(F)cc3)cc2CNCCC(C)(C)C(=O)O)cc1. The van der Waals surface area contributed by atoms with Crippen molar-refractivity contribution in [3.8, 4) is 16.9 Å². The molecule has 0 aliphatic heterocycles. The summed E-state index contributed by atoms with van der Waals surface area (Å²) in [4.78, 5) is 11.3. The van der Waals surface area contributed by atoms with Crippen molar-refractivity contribution in [3.63, 3.8) is 0 Å². The van der Waals surface area contributed by atoms with E-state index in [0.717, 1.165) is 22.5 Å². The molecule has 6 heteroatoms. The summed E-state index contributed by atoms with van der Waals surface area (Å²) in [6.45, 7) is 6.62. The third-order valence-corrected chi connectivity index (χ3v) is 5.03. The fourth-order valence-corrected chi connectivity index (χ4v) is 2.95. The minimum absolute atomic E-state index is 0.289. The number of hydrogen-bond acceptors (Lipinski definition) is 3. The largest absolute Gasteiger partial charge is 0.481 e. The molecular weight excluding hydrogens is 369 g/mol. The molecule has 29 heavy (non-hydrogen) atoms. The number of hydrogen-bond donors (Lipinski definition) is 2. The van der Waals surface area contributed by atoms with Gasteiger partial charge in [0.25, 0.3) is 0 Å². The zero-order chi connectivity index (χ0) is 21.0. The van der Waals surface area contributed by atoms with Crippen LogP contribution in [-0.4, -0.2) is 27.4 Å². The second-order valence-electron chi connectivity index (χ2n) is 7.91. The van der Waals surface area contributed by atoms with Crippen LogP contribution in [-0.2, 0) is 11.3 Å². The number of carboxylic acids is 1. The predicted octanol–water partition coefficient (Wildman–Crippen LogP) is 4.58. The van der Waals surface area contributed by atoms with Crippen LogP contribution in [0.25, 0.3) is 16.9 Å². The molecule has 1 heterocycles. The van der Waals surface area contributed by atoms with Crippen molar-refractivity contribution in [2.45, 2.75) is 33.7 Å². The lowest BCUT2D eigenvalue weighted by atomic mass is 9.90. The second kappa shape index (κ2) is 8.57. The van der Waals surface area contributed by atoms with Gasteiger partial charge < -0.3 is 10.4 Å². The quantitative estimate of drug-likeness (QED) is 0.548. The van der Waals surface area contributed by atoms with Crippen molar-refractivity contribution in [2.24, 2.45) is 5.41 Å². The zero-order valence-corrected chi connectivity index (χ0v) is 16.9. The van der Waals surface area contributed by atoms with Gasteiger partial charge in [-0.15, -0.1) is 0 Å². The highest BCUT2D eigenvalue weighted by Gasteiger charge is 2.26. The van der Waals surface area contributed by atoms with Gasteiger partial charge in [-0.1, -0.05) is 29.8 Å². The summed E-state index contributed by atoms with van der Waals surface area (Å²) < 4.78 is 15.0. The molecule has 0 aliphatic carbocycles. The fraction of sp³-hybridized carbons (Fsp3) is 0.304. The molecule has 3 aromatic rings. The van der Waals surface area contributed by atoms with E-state index >= 15 is 0 Å². The normalized spacial score (nSPS) is 11.6. The molecule has 0 fully saturated rings. The smallest absolute Gasteiger partial charge is 0.309 e. The number of rotatable bonds is 8. The number of carbonyl (C=O) groups is 1. The Morgan fingerprint density at radius 2 is 1.79 bits per heavy atom. The van der Waals surface area contributed by atoms with Gasteiger partial charge in [0.2, 0.25) is 0 Å². The maximum Gasteiger partial charge on any atom is 0.309 e. The lowest BCUT2D eigenvalue weighted by Gasteiger charge is -2.18. The molecule has 0 saturated heterocycles. The Balaban J connectivity index is 1.83. The highest BCUT2D eigenvalue weighted by Crippen LogP contribution is 2.25. The van der Waals surface area contributed by atoms with Gasteiger partial charge >= 0.3 is 5.97 Å². The molecule has 3 rings (SSSR count). The number of carboxylic acid groups (broad SMARTS) is 1. The summed E-state index contributed by atoms with van der Waals surface area (Å²) in [6, 6.07) is 14.3. The lowest BCUT2D eigenvalue weighted by Crippen LogP contribution is -2.28. The minimum atomic E-state index is -0.802. The number of nitrogens with zero attached hydrogens (tertiary/aromatic N) is 2. The Kier molecular flexibility index (Phi) is 6.13. The summed E-state index contributed by atoms with van der Waals surface area (Å²) in [5, 5.41) is 17.3. The van der Waals surface area contributed by atoms with E-state index in [2.05, 4.69) is 5.32 Å². The maximum absolute atomic E-state index is 13.3. The topological polar surface area (TPSA) is 67.2 Å². The predicted molar refractivity (Wildman–Crippen MR) is 111 cm³/mol. The molecule has 0 saturated carbocycles. The van der Waals surface area contributed by atoms with E-state index in [1.807, 2.05) is 37.4 Å². The molecule has 1 aromatic heterocycles. The van der Waals surface area contributed by atoms with Crippen molar-refractivity contribution in [3.05, 3.63) is 71.7 Å². The van der Waals surface area contributed by atoms with E-state index in [-0.39, 0.29) is 5.82 Å².